The van der Waals surface area contributed by atoms with Crippen LogP contribution in [0.15, 0.2) is 42.6 Å². The van der Waals surface area contributed by atoms with Gasteiger partial charge in [0.15, 0.2) is 0 Å². The number of nitrogens with zero attached hydrogens (tertiary/aromatic N) is 1. The monoisotopic (exact) mass is 374 g/mol. The predicted octanol–water partition coefficient (Wildman–Crippen LogP) is 5.38. The molecule has 0 amide bonds. The lowest BCUT2D eigenvalue weighted by Gasteiger charge is -2.18. The zero-order chi connectivity index (χ0) is 20.9. The molecule has 0 spiro atoms. The van der Waals surface area contributed by atoms with Gasteiger partial charge in [0.2, 0.25) is 5.88 Å². The number of carbonyl (C=O) groups excluding carboxylic acids is 1. The number of aromatic nitrogens is 1. The first-order chi connectivity index (χ1) is 12.9. The van der Waals surface area contributed by atoms with E-state index in [0.717, 1.165) is 12.0 Å². The molecule has 5 heteroatoms. The summed E-state index contributed by atoms with van der Waals surface area (Å²) in [4.78, 5) is 16.0. The van der Waals surface area contributed by atoms with E-state index in [1.807, 2.05) is 65.8 Å². The highest BCUT2D eigenvalue weighted by molar-refractivity contribution is 5.91. The number of carbonyl (C=O) groups is 1. The van der Waals surface area contributed by atoms with Gasteiger partial charge in [0.05, 0.1) is 6.61 Å². The number of ether oxygens (including phenoxy) is 2. The highest BCUT2D eigenvalue weighted by atomic mass is 16.5. The number of pyridine rings is 1. The SMILES string of the molecule is CC.CC.CCOC(=O)c1cccnc1Oc1ccc(CC(C)(C)N)cc1. The van der Waals surface area contributed by atoms with Gasteiger partial charge in [-0.3, -0.25) is 0 Å². The lowest BCUT2D eigenvalue weighted by Crippen LogP contribution is -2.34. The average Bonchev–Trinajstić information content (AvgIpc) is 2.66. The molecule has 0 radical (unpaired) electrons. The highest BCUT2D eigenvalue weighted by Gasteiger charge is 2.16. The van der Waals surface area contributed by atoms with Crippen molar-refractivity contribution in [2.75, 3.05) is 6.61 Å². The molecule has 0 atom stereocenters. The Morgan fingerprint density at radius 1 is 1.07 bits per heavy atom. The van der Waals surface area contributed by atoms with Gasteiger partial charge in [-0.1, -0.05) is 39.8 Å². The Morgan fingerprint density at radius 2 is 1.67 bits per heavy atom. The molecule has 5 nitrogen and oxygen atoms in total. The van der Waals surface area contributed by atoms with Gasteiger partial charge in [0.25, 0.3) is 0 Å². The largest absolute Gasteiger partial charge is 0.462 e. The summed E-state index contributed by atoms with van der Waals surface area (Å²) in [5.74, 6) is 0.391. The molecule has 0 aliphatic rings. The molecule has 0 aliphatic carbocycles. The van der Waals surface area contributed by atoms with Gasteiger partial charge < -0.3 is 15.2 Å². The summed E-state index contributed by atoms with van der Waals surface area (Å²) >= 11 is 0. The Morgan fingerprint density at radius 3 is 2.19 bits per heavy atom. The maximum Gasteiger partial charge on any atom is 0.343 e. The minimum absolute atomic E-state index is 0.234. The van der Waals surface area contributed by atoms with Gasteiger partial charge in [-0.25, -0.2) is 9.78 Å². The van der Waals surface area contributed by atoms with Crippen molar-refractivity contribution in [2.24, 2.45) is 5.73 Å². The normalized spacial score (nSPS) is 9.93. The quantitative estimate of drug-likeness (QED) is 0.687. The first-order valence-corrected chi connectivity index (χ1v) is 9.57. The van der Waals surface area contributed by atoms with Gasteiger partial charge in [0.1, 0.15) is 11.3 Å². The molecular formula is C22H34N2O3. The third-order valence-corrected chi connectivity index (χ3v) is 3.06. The molecular weight excluding hydrogens is 340 g/mol. The van der Waals surface area contributed by atoms with Crippen LogP contribution >= 0.6 is 0 Å². The second-order valence-electron chi connectivity index (χ2n) is 5.99. The molecule has 0 fully saturated rings. The van der Waals surface area contributed by atoms with Crippen LogP contribution in [0.3, 0.4) is 0 Å². The van der Waals surface area contributed by atoms with Crippen molar-refractivity contribution < 1.29 is 14.3 Å². The van der Waals surface area contributed by atoms with Crippen LogP contribution in [0.4, 0.5) is 0 Å². The van der Waals surface area contributed by atoms with Gasteiger partial charge in [-0.15, -0.1) is 0 Å². The number of benzene rings is 1. The molecule has 0 bridgehead atoms. The second-order valence-corrected chi connectivity index (χ2v) is 5.99. The van der Waals surface area contributed by atoms with Crippen molar-refractivity contribution in [3.05, 3.63) is 53.7 Å². The molecule has 2 rings (SSSR count). The topological polar surface area (TPSA) is 74.4 Å². The van der Waals surface area contributed by atoms with Crippen molar-refractivity contribution in [3.8, 4) is 11.6 Å². The molecule has 0 saturated carbocycles. The van der Waals surface area contributed by atoms with E-state index in [-0.39, 0.29) is 11.4 Å². The summed E-state index contributed by atoms with van der Waals surface area (Å²) < 4.78 is 10.7. The summed E-state index contributed by atoms with van der Waals surface area (Å²) in [6.07, 6.45) is 2.34. The fourth-order valence-electron chi connectivity index (χ4n) is 2.15. The smallest absolute Gasteiger partial charge is 0.343 e. The molecule has 1 heterocycles. The zero-order valence-electron chi connectivity index (χ0n) is 17.7. The molecule has 150 valence electrons. The van der Waals surface area contributed by atoms with E-state index < -0.39 is 5.97 Å². The second kappa shape index (κ2) is 12.9. The van der Waals surface area contributed by atoms with Crippen LogP contribution in [0.5, 0.6) is 11.6 Å². The average molecular weight is 375 g/mol. The molecule has 27 heavy (non-hydrogen) atoms. The number of nitrogens with two attached hydrogens (primary N) is 1. The van der Waals surface area contributed by atoms with E-state index in [0.29, 0.717) is 17.9 Å². The summed E-state index contributed by atoms with van der Waals surface area (Å²) in [6, 6.07) is 10.9. The van der Waals surface area contributed by atoms with Crippen LogP contribution in [0.2, 0.25) is 0 Å². The molecule has 2 N–H and O–H groups in total. The van der Waals surface area contributed by atoms with E-state index in [9.17, 15) is 4.79 Å². The van der Waals surface area contributed by atoms with Gasteiger partial charge >= 0.3 is 5.97 Å². The van der Waals surface area contributed by atoms with E-state index in [4.69, 9.17) is 15.2 Å². The Hall–Kier alpha value is -2.40. The summed E-state index contributed by atoms with van der Waals surface area (Å²) in [5.41, 5.74) is 7.18. The van der Waals surface area contributed by atoms with E-state index >= 15 is 0 Å². The number of esters is 1. The van der Waals surface area contributed by atoms with Crippen LogP contribution < -0.4 is 10.5 Å². The van der Waals surface area contributed by atoms with Crippen molar-refractivity contribution in [1.29, 1.82) is 0 Å². The van der Waals surface area contributed by atoms with Crippen molar-refractivity contribution in [1.82, 2.24) is 4.98 Å². The summed E-state index contributed by atoms with van der Waals surface area (Å²) in [7, 11) is 0. The number of hydrogen-bond donors (Lipinski definition) is 1. The Balaban J connectivity index is 0.00000158. The van der Waals surface area contributed by atoms with Crippen LogP contribution in [0, 0.1) is 0 Å². The maximum atomic E-state index is 11.9. The highest BCUT2D eigenvalue weighted by Crippen LogP contribution is 2.24. The third-order valence-electron chi connectivity index (χ3n) is 3.06. The number of hydrogen-bond acceptors (Lipinski definition) is 5. The van der Waals surface area contributed by atoms with Crippen LogP contribution in [0.25, 0.3) is 0 Å². The minimum atomic E-state index is -0.447. The maximum absolute atomic E-state index is 11.9. The lowest BCUT2D eigenvalue weighted by atomic mass is 9.96. The van der Waals surface area contributed by atoms with Crippen molar-refractivity contribution >= 4 is 5.97 Å². The molecule has 0 aliphatic heterocycles. The first kappa shape index (κ1) is 24.6. The van der Waals surface area contributed by atoms with Crippen molar-refractivity contribution in [3.63, 3.8) is 0 Å². The van der Waals surface area contributed by atoms with Crippen molar-refractivity contribution in [2.45, 2.75) is 60.4 Å². The summed E-state index contributed by atoms with van der Waals surface area (Å²) in [5, 5.41) is 0. The van der Waals surface area contributed by atoms with Gasteiger partial charge in [0, 0.05) is 11.7 Å². The van der Waals surface area contributed by atoms with Crippen LogP contribution in [-0.4, -0.2) is 23.1 Å². The zero-order valence-corrected chi connectivity index (χ0v) is 17.7. The lowest BCUT2D eigenvalue weighted by molar-refractivity contribution is 0.0522. The van der Waals surface area contributed by atoms with E-state index in [1.165, 1.54) is 0 Å². The van der Waals surface area contributed by atoms with E-state index in [1.54, 1.807) is 25.3 Å². The van der Waals surface area contributed by atoms with Gasteiger partial charge in [-0.05, 0) is 57.0 Å². The molecule has 0 unspecified atom stereocenters. The fourth-order valence-corrected chi connectivity index (χ4v) is 2.15. The molecule has 2 aromatic rings. The first-order valence-electron chi connectivity index (χ1n) is 9.57. The minimum Gasteiger partial charge on any atom is -0.462 e. The Bertz CT molecular complexity index is 662. The predicted molar refractivity (Wildman–Crippen MR) is 111 cm³/mol. The standard InChI is InChI=1S/C18H22N2O3.2C2H6/c1-4-22-17(21)15-6-5-11-20-16(15)23-14-9-7-13(8-10-14)12-18(2,3)19;2*1-2/h5-11H,4,12,19H2,1-3H3;2*1-2H3. The Labute approximate surface area is 163 Å². The molecule has 1 aromatic carbocycles. The van der Waals surface area contributed by atoms with Crippen LogP contribution in [-0.2, 0) is 11.2 Å². The summed E-state index contributed by atoms with van der Waals surface area (Å²) in [6.45, 7) is 14.0. The number of rotatable bonds is 6. The van der Waals surface area contributed by atoms with E-state index in [2.05, 4.69) is 4.98 Å². The van der Waals surface area contributed by atoms with Crippen LogP contribution in [0.1, 0.15) is 64.4 Å². The van der Waals surface area contributed by atoms with Gasteiger partial charge in [-0.2, -0.15) is 0 Å². The Kier molecular flexibility index (Phi) is 11.7. The molecule has 0 saturated heterocycles. The fraction of sp³-hybridized carbons (Fsp3) is 0.455. The molecule has 1 aromatic heterocycles. The third kappa shape index (κ3) is 9.20.